The van der Waals surface area contributed by atoms with Crippen LogP contribution in [0.3, 0.4) is 0 Å². The maximum Gasteiger partial charge on any atom is 0.119 e. The van der Waals surface area contributed by atoms with Gasteiger partial charge in [0, 0.05) is 11.8 Å². The summed E-state index contributed by atoms with van der Waals surface area (Å²) in [6, 6.07) is 9.00. The molecule has 0 heterocycles. The normalized spacial score (nSPS) is 12.7. The van der Waals surface area contributed by atoms with E-state index in [0.717, 1.165) is 18.0 Å². The molecule has 2 nitrogen and oxygen atoms in total. The van der Waals surface area contributed by atoms with Gasteiger partial charge in [0.2, 0.25) is 0 Å². The van der Waals surface area contributed by atoms with E-state index in [0.29, 0.717) is 6.04 Å². The van der Waals surface area contributed by atoms with E-state index in [4.69, 9.17) is 4.74 Å². The van der Waals surface area contributed by atoms with Gasteiger partial charge in [0.05, 0.1) is 6.10 Å². The van der Waals surface area contributed by atoms with Crippen LogP contribution in [0.15, 0.2) is 24.3 Å². The highest BCUT2D eigenvalue weighted by atomic mass is 32.2. The van der Waals surface area contributed by atoms with E-state index in [1.165, 1.54) is 24.2 Å². The summed E-state index contributed by atoms with van der Waals surface area (Å²) in [5.41, 5.74) is 1.36. The zero-order valence-corrected chi connectivity index (χ0v) is 14.1. The van der Waals surface area contributed by atoms with Crippen molar-refractivity contribution in [1.82, 2.24) is 5.32 Å². The molecule has 3 heteroatoms. The molecule has 0 saturated carbocycles. The van der Waals surface area contributed by atoms with Gasteiger partial charge >= 0.3 is 0 Å². The van der Waals surface area contributed by atoms with Crippen molar-refractivity contribution in [2.45, 2.75) is 52.7 Å². The summed E-state index contributed by atoms with van der Waals surface area (Å²) < 4.78 is 5.70. The first-order valence-electron chi connectivity index (χ1n) is 7.75. The van der Waals surface area contributed by atoms with Gasteiger partial charge in [0.25, 0.3) is 0 Å². The van der Waals surface area contributed by atoms with Crippen molar-refractivity contribution < 1.29 is 4.74 Å². The second kappa shape index (κ2) is 10.1. The van der Waals surface area contributed by atoms with Gasteiger partial charge in [-0.05, 0) is 56.7 Å². The second-order valence-corrected chi connectivity index (χ2v) is 6.47. The highest BCUT2D eigenvalue weighted by molar-refractivity contribution is 7.99. The lowest BCUT2D eigenvalue weighted by molar-refractivity contribution is 0.242. The average molecular weight is 295 g/mol. The van der Waals surface area contributed by atoms with Gasteiger partial charge in [0.15, 0.2) is 0 Å². The third kappa shape index (κ3) is 6.67. The van der Waals surface area contributed by atoms with Crippen LogP contribution in [0.4, 0.5) is 0 Å². The largest absolute Gasteiger partial charge is 0.491 e. The third-order valence-electron chi connectivity index (χ3n) is 2.93. The monoisotopic (exact) mass is 295 g/mol. The molecular weight excluding hydrogens is 266 g/mol. The highest BCUT2D eigenvalue weighted by Gasteiger charge is 2.10. The minimum absolute atomic E-state index is 0.231. The number of ether oxygens (including phenoxy) is 1. The molecule has 0 aromatic heterocycles. The van der Waals surface area contributed by atoms with Crippen LogP contribution in [0.2, 0.25) is 0 Å². The van der Waals surface area contributed by atoms with Crippen LogP contribution in [0.5, 0.6) is 5.75 Å². The van der Waals surface area contributed by atoms with Crippen LogP contribution in [-0.4, -0.2) is 24.2 Å². The molecule has 1 aromatic carbocycles. The van der Waals surface area contributed by atoms with Crippen molar-refractivity contribution in [3.05, 3.63) is 29.8 Å². The zero-order chi connectivity index (χ0) is 14.8. The lowest BCUT2D eigenvalue weighted by Gasteiger charge is -2.19. The van der Waals surface area contributed by atoms with Gasteiger partial charge < -0.3 is 10.1 Å². The van der Waals surface area contributed by atoms with E-state index in [2.05, 4.69) is 57.3 Å². The van der Waals surface area contributed by atoms with Gasteiger partial charge in [-0.1, -0.05) is 26.0 Å². The topological polar surface area (TPSA) is 21.3 Å². The van der Waals surface area contributed by atoms with Crippen molar-refractivity contribution in [2.24, 2.45) is 0 Å². The van der Waals surface area contributed by atoms with E-state index < -0.39 is 0 Å². The van der Waals surface area contributed by atoms with E-state index in [-0.39, 0.29) is 6.10 Å². The molecule has 20 heavy (non-hydrogen) atoms. The standard InChI is InChI=1S/C17H29NOS/c1-5-11-18-17(13-20-12-6-2)15-7-9-16(10-8-15)19-14(3)4/h7-10,14,17-18H,5-6,11-13H2,1-4H3. The molecule has 1 rings (SSSR count). The van der Waals surface area contributed by atoms with Crippen LogP contribution in [0, 0.1) is 0 Å². The Bertz CT molecular complexity index is 351. The Balaban J connectivity index is 2.63. The van der Waals surface area contributed by atoms with Crippen molar-refractivity contribution >= 4 is 11.8 Å². The van der Waals surface area contributed by atoms with Crippen LogP contribution < -0.4 is 10.1 Å². The van der Waals surface area contributed by atoms with Gasteiger partial charge in [-0.15, -0.1) is 0 Å². The summed E-state index contributed by atoms with van der Waals surface area (Å²) >= 11 is 2.03. The van der Waals surface area contributed by atoms with Gasteiger partial charge in [-0.3, -0.25) is 0 Å². The Morgan fingerprint density at radius 3 is 2.35 bits per heavy atom. The molecule has 0 amide bonds. The predicted octanol–water partition coefficient (Wildman–Crippen LogP) is 4.66. The smallest absolute Gasteiger partial charge is 0.119 e. The number of hydrogen-bond donors (Lipinski definition) is 1. The van der Waals surface area contributed by atoms with Crippen LogP contribution >= 0.6 is 11.8 Å². The number of rotatable bonds is 10. The molecule has 1 atom stereocenters. The first-order chi connectivity index (χ1) is 9.67. The molecule has 0 fully saturated rings. The van der Waals surface area contributed by atoms with Gasteiger partial charge in [-0.25, -0.2) is 0 Å². The van der Waals surface area contributed by atoms with Gasteiger partial charge in [0.1, 0.15) is 5.75 Å². The highest BCUT2D eigenvalue weighted by Crippen LogP contribution is 2.22. The Morgan fingerprint density at radius 1 is 1.10 bits per heavy atom. The molecule has 1 aromatic rings. The summed E-state index contributed by atoms with van der Waals surface area (Å²) in [6.07, 6.45) is 2.64. The van der Waals surface area contributed by atoms with E-state index >= 15 is 0 Å². The van der Waals surface area contributed by atoms with Crippen molar-refractivity contribution in [1.29, 1.82) is 0 Å². The second-order valence-electron chi connectivity index (χ2n) is 5.32. The average Bonchev–Trinajstić information content (AvgIpc) is 2.43. The maximum atomic E-state index is 5.70. The molecular formula is C17H29NOS. The fourth-order valence-corrected chi connectivity index (χ4v) is 2.99. The molecule has 0 aliphatic heterocycles. The molecule has 1 unspecified atom stereocenters. The summed E-state index contributed by atoms with van der Waals surface area (Å²) in [6.45, 7) is 9.63. The zero-order valence-electron chi connectivity index (χ0n) is 13.3. The molecule has 0 saturated heterocycles. The number of nitrogens with one attached hydrogen (secondary N) is 1. The fourth-order valence-electron chi connectivity index (χ4n) is 1.99. The van der Waals surface area contributed by atoms with Crippen LogP contribution in [0.1, 0.15) is 52.1 Å². The number of benzene rings is 1. The molecule has 1 N–H and O–H groups in total. The Hall–Kier alpha value is -0.670. The molecule has 0 aliphatic rings. The van der Waals surface area contributed by atoms with E-state index in [1.54, 1.807) is 0 Å². The van der Waals surface area contributed by atoms with Crippen molar-refractivity contribution in [3.63, 3.8) is 0 Å². The van der Waals surface area contributed by atoms with Crippen molar-refractivity contribution in [2.75, 3.05) is 18.1 Å². The maximum absolute atomic E-state index is 5.70. The summed E-state index contributed by atoms with van der Waals surface area (Å²) in [4.78, 5) is 0. The number of hydrogen-bond acceptors (Lipinski definition) is 3. The lowest BCUT2D eigenvalue weighted by atomic mass is 10.1. The van der Waals surface area contributed by atoms with Gasteiger partial charge in [-0.2, -0.15) is 11.8 Å². The van der Waals surface area contributed by atoms with E-state index in [9.17, 15) is 0 Å². The summed E-state index contributed by atoms with van der Waals surface area (Å²) in [5, 5.41) is 3.64. The molecule has 0 radical (unpaired) electrons. The minimum Gasteiger partial charge on any atom is -0.491 e. The predicted molar refractivity (Wildman–Crippen MR) is 90.9 cm³/mol. The minimum atomic E-state index is 0.231. The Labute approximate surface area is 128 Å². The van der Waals surface area contributed by atoms with Crippen LogP contribution in [0.25, 0.3) is 0 Å². The summed E-state index contributed by atoms with van der Waals surface area (Å²) in [7, 11) is 0. The van der Waals surface area contributed by atoms with E-state index in [1.807, 2.05) is 11.8 Å². The molecule has 0 spiro atoms. The summed E-state index contributed by atoms with van der Waals surface area (Å²) in [5.74, 6) is 3.33. The number of thioether (sulfide) groups is 1. The Morgan fingerprint density at radius 2 is 1.80 bits per heavy atom. The fraction of sp³-hybridized carbons (Fsp3) is 0.647. The van der Waals surface area contributed by atoms with Crippen LogP contribution in [-0.2, 0) is 0 Å². The first kappa shape index (κ1) is 17.4. The molecule has 114 valence electrons. The van der Waals surface area contributed by atoms with Crippen molar-refractivity contribution in [3.8, 4) is 5.75 Å². The first-order valence-corrected chi connectivity index (χ1v) is 8.90. The Kier molecular flexibility index (Phi) is 8.79. The molecule has 0 bridgehead atoms. The molecule has 0 aliphatic carbocycles. The SMILES string of the molecule is CCCNC(CSCCC)c1ccc(OC(C)C)cc1. The third-order valence-corrected chi connectivity index (χ3v) is 4.19. The lowest BCUT2D eigenvalue weighted by Crippen LogP contribution is -2.24. The quantitative estimate of drug-likeness (QED) is 0.634.